The summed E-state index contributed by atoms with van der Waals surface area (Å²) in [6.45, 7) is 1.45. The molecule has 1 amide bonds. The number of benzene rings is 3. The number of amides is 1. The van der Waals surface area contributed by atoms with Crippen molar-refractivity contribution in [3.8, 4) is 0 Å². The van der Waals surface area contributed by atoms with Crippen molar-refractivity contribution in [1.82, 2.24) is 4.13 Å². The van der Waals surface area contributed by atoms with Crippen molar-refractivity contribution in [3.05, 3.63) is 76.8 Å². The molecule has 3 aromatic carbocycles. The van der Waals surface area contributed by atoms with Crippen molar-refractivity contribution < 1.29 is 64.2 Å². The fourth-order valence-electron chi connectivity index (χ4n) is 3.41. The first-order valence-electron chi connectivity index (χ1n) is 10.8. The molecule has 1 aliphatic rings. The van der Waals surface area contributed by atoms with Gasteiger partial charge in [0.05, 0.1) is 41.8 Å². The average Bonchev–Trinajstić information content (AvgIpc) is 3.16. The Morgan fingerprint density at radius 3 is 2.12 bits per heavy atom. The first kappa shape index (κ1) is 33.3. The minimum atomic E-state index is -4.93. The molecule has 1 aliphatic heterocycles. The van der Waals surface area contributed by atoms with E-state index >= 15 is 0 Å². The van der Waals surface area contributed by atoms with Gasteiger partial charge in [-0.25, -0.2) is 25.3 Å². The predicted molar refractivity (Wildman–Crippen MR) is 144 cm³/mol. The molecular weight excluding hydrogens is 652 g/mol. The van der Waals surface area contributed by atoms with E-state index in [2.05, 4.69) is 15.3 Å². The van der Waals surface area contributed by atoms with Gasteiger partial charge in [-0.15, -0.1) is 4.13 Å². The van der Waals surface area contributed by atoms with Crippen LogP contribution in [0.5, 0.6) is 0 Å². The van der Waals surface area contributed by atoms with Gasteiger partial charge < -0.3 is 4.55 Å². The van der Waals surface area contributed by atoms with Gasteiger partial charge in [-0.2, -0.15) is 20.3 Å². The van der Waals surface area contributed by atoms with E-state index in [1.165, 1.54) is 43.3 Å². The number of anilines is 1. The summed E-state index contributed by atoms with van der Waals surface area (Å²) < 4.78 is 86.2. The van der Waals surface area contributed by atoms with Crippen LogP contribution in [0.1, 0.15) is 6.92 Å². The molecule has 1 atom stereocenters. The number of hydrogen-bond acceptors (Lipinski definition) is 11. The molecule has 0 saturated carbocycles. The Kier molecular flexibility index (Phi) is 10.2. The second-order valence-corrected chi connectivity index (χ2v) is 13.9. The predicted octanol–water partition coefficient (Wildman–Crippen LogP) is 0.444. The Bertz CT molecular complexity index is 1910. The number of hydrogen-bond donors (Lipinski definition) is 1. The average molecular weight is 668 g/mol. The molecule has 1 unspecified atom stereocenters. The zero-order chi connectivity index (χ0) is 29.5. The van der Waals surface area contributed by atoms with Gasteiger partial charge in [0.1, 0.15) is 10.1 Å². The van der Waals surface area contributed by atoms with Gasteiger partial charge in [-0.3, -0.25) is 4.79 Å². The van der Waals surface area contributed by atoms with Crippen LogP contribution in [-0.2, 0) is 35.0 Å². The van der Waals surface area contributed by atoms with E-state index in [1.807, 2.05) is 0 Å². The molecule has 0 saturated heterocycles. The number of azo groups is 1. The van der Waals surface area contributed by atoms with Gasteiger partial charge in [-0.05, 0) is 49.4 Å². The zero-order valence-electron chi connectivity index (χ0n) is 21.0. The second-order valence-electron chi connectivity index (χ2n) is 8.10. The number of carbonyl (C=O) groups is 1. The quantitative estimate of drug-likeness (QED) is 0.203. The molecule has 1 heterocycles. The summed E-state index contributed by atoms with van der Waals surface area (Å²) in [5.74, 6) is -0.753. The van der Waals surface area contributed by atoms with Crippen LogP contribution in [-0.4, -0.2) is 47.5 Å². The van der Waals surface area contributed by atoms with Crippen LogP contribution in [0.4, 0.5) is 11.4 Å². The van der Waals surface area contributed by atoms with E-state index in [-0.39, 0.29) is 56.6 Å². The number of nitrogens with one attached hydrogen (secondary N) is 1. The number of carbonyl (C=O) groups excluding carboxylic acids is 1. The molecule has 0 radical (unpaired) electrons. The number of hydrazone groups is 1. The molecule has 13 nitrogen and oxygen atoms in total. The second kappa shape index (κ2) is 12.5. The summed E-state index contributed by atoms with van der Waals surface area (Å²) in [5, 5.41) is 11.9. The van der Waals surface area contributed by atoms with E-state index in [1.54, 1.807) is 10.2 Å². The first-order valence-corrected chi connectivity index (χ1v) is 15.9. The maximum absolute atomic E-state index is 13.0. The molecule has 210 valence electrons. The van der Waals surface area contributed by atoms with E-state index in [0.717, 1.165) is 29.3 Å². The summed E-state index contributed by atoms with van der Waals surface area (Å²) in [6.07, 6.45) is 0. The molecule has 4 rings (SSSR count). The van der Waals surface area contributed by atoms with E-state index < -0.39 is 56.9 Å². The molecular formula is C22H16Cl2N5NaO8S3. The molecule has 41 heavy (non-hydrogen) atoms. The normalized spacial score (nSPS) is 16.1. The Morgan fingerprint density at radius 2 is 1.49 bits per heavy atom. The van der Waals surface area contributed by atoms with Crippen molar-refractivity contribution in [2.24, 2.45) is 15.3 Å². The van der Waals surface area contributed by atoms with Crippen molar-refractivity contribution in [1.29, 1.82) is 0 Å². The fourth-order valence-corrected chi connectivity index (χ4v) is 7.70. The minimum Gasteiger partial charge on any atom is -0.744 e. The topological polar surface area (TPSA) is 195 Å². The van der Waals surface area contributed by atoms with Gasteiger partial charge in [0.15, 0.2) is 6.04 Å². The summed E-state index contributed by atoms with van der Waals surface area (Å²) in [6, 6.07) is 12.3. The van der Waals surface area contributed by atoms with Crippen molar-refractivity contribution in [2.45, 2.75) is 27.7 Å². The summed E-state index contributed by atoms with van der Waals surface area (Å²) >= 11 is 12.0. The molecule has 1 N–H and O–H groups in total. The van der Waals surface area contributed by atoms with Gasteiger partial charge in [-0.1, -0.05) is 47.5 Å². The van der Waals surface area contributed by atoms with Crippen LogP contribution in [0.15, 0.2) is 96.7 Å². The molecule has 0 bridgehead atoms. The SMILES string of the molecule is CC1=NN(c2cc(Cl)c(S(=O)(=O)[O-])cc2Cl)C(=O)C1N=Nc1cccc(S(=O)(=O)NS(=O)(=O)c2ccccc2)c1.[Na+]. The van der Waals surface area contributed by atoms with Crippen LogP contribution >= 0.6 is 23.2 Å². The summed E-state index contributed by atoms with van der Waals surface area (Å²) in [4.78, 5) is 11.6. The Balaban J connectivity index is 0.00000462. The van der Waals surface area contributed by atoms with Gasteiger partial charge >= 0.3 is 29.6 Å². The Labute approximate surface area is 267 Å². The maximum Gasteiger partial charge on any atom is 1.00 e. The molecule has 3 aromatic rings. The zero-order valence-corrected chi connectivity index (χ0v) is 26.9. The molecule has 0 fully saturated rings. The Morgan fingerprint density at radius 1 is 0.878 bits per heavy atom. The number of sulfonamides is 2. The van der Waals surface area contributed by atoms with Crippen LogP contribution in [0.25, 0.3) is 0 Å². The number of rotatable bonds is 8. The first-order chi connectivity index (χ1) is 18.6. The van der Waals surface area contributed by atoms with Crippen molar-refractivity contribution in [3.63, 3.8) is 0 Å². The molecule has 0 aliphatic carbocycles. The van der Waals surface area contributed by atoms with Gasteiger partial charge in [0.25, 0.3) is 26.0 Å². The largest absolute Gasteiger partial charge is 1.00 e. The van der Waals surface area contributed by atoms with Crippen molar-refractivity contribution in [2.75, 3.05) is 5.01 Å². The molecule has 19 heteroatoms. The molecule has 0 aromatic heterocycles. The van der Waals surface area contributed by atoms with Crippen LogP contribution in [0, 0.1) is 0 Å². The standard InChI is InChI=1S/C22H17Cl2N5O8S3.Na/c1-13-21(22(30)29(27-13)19-11-18(24)20(12-17(19)23)40(35,36)37)26-25-14-6-5-9-16(10-14)39(33,34)28-38(31,32)15-7-3-2-4-8-15;/h2-12,21,28H,1H3,(H,35,36,37);/q;+1/p-1. The van der Waals surface area contributed by atoms with Gasteiger partial charge in [0.2, 0.25) is 0 Å². The van der Waals surface area contributed by atoms with E-state index in [0.29, 0.717) is 0 Å². The van der Waals surface area contributed by atoms with Crippen LogP contribution in [0.2, 0.25) is 10.0 Å². The van der Waals surface area contributed by atoms with Gasteiger partial charge in [0, 0.05) is 0 Å². The minimum absolute atomic E-state index is 0. The Hall–Kier alpha value is -2.25. The van der Waals surface area contributed by atoms with Crippen LogP contribution in [0.3, 0.4) is 0 Å². The summed E-state index contributed by atoms with van der Waals surface area (Å²) in [5.41, 5.74) is 0.0193. The number of nitrogens with zero attached hydrogens (tertiary/aromatic N) is 4. The number of halogens is 2. The maximum atomic E-state index is 13.0. The third kappa shape index (κ3) is 7.40. The third-order valence-corrected chi connectivity index (χ3v) is 10.4. The smallest absolute Gasteiger partial charge is 0.744 e. The fraction of sp³-hybridized carbons (Fsp3) is 0.0909. The molecule has 0 spiro atoms. The summed E-state index contributed by atoms with van der Waals surface area (Å²) in [7, 11) is -13.9. The van der Waals surface area contributed by atoms with E-state index in [4.69, 9.17) is 23.2 Å². The van der Waals surface area contributed by atoms with Crippen LogP contribution < -0.4 is 38.7 Å². The third-order valence-electron chi connectivity index (χ3n) is 5.28. The van der Waals surface area contributed by atoms with E-state index in [9.17, 15) is 34.6 Å². The van der Waals surface area contributed by atoms with Crippen molar-refractivity contribution >= 4 is 76.4 Å². The monoisotopic (exact) mass is 667 g/mol.